The van der Waals surface area contributed by atoms with Gasteiger partial charge in [-0.25, -0.2) is 9.67 Å². The van der Waals surface area contributed by atoms with Crippen molar-refractivity contribution < 1.29 is 0 Å². The van der Waals surface area contributed by atoms with Crippen molar-refractivity contribution in [2.24, 2.45) is 5.73 Å². The van der Waals surface area contributed by atoms with Crippen LogP contribution in [0.5, 0.6) is 0 Å². The summed E-state index contributed by atoms with van der Waals surface area (Å²) in [5.41, 5.74) is 8.90. The second-order valence-electron chi connectivity index (χ2n) is 4.38. The third-order valence-electron chi connectivity index (χ3n) is 3.04. The lowest BCUT2D eigenvalue weighted by Crippen LogP contribution is -2.07. The molecule has 0 aliphatic rings. The Hall–Kier alpha value is -1.98. The third kappa shape index (κ3) is 2.50. The first-order chi connectivity index (χ1) is 9.78. The molecule has 0 saturated carbocycles. The molecule has 0 saturated heterocycles. The average Bonchev–Trinajstić information content (AvgIpc) is 2.97. The minimum absolute atomic E-state index is 0.419. The number of hydrogen-bond donors (Lipinski definition) is 1. The van der Waals surface area contributed by atoms with Gasteiger partial charge in [0.05, 0.1) is 6.20 Å². The molecule has 0 radical (unpaired) electrons. The number of aromatic nitrogens is 3. The summed E-state index contributed by atoms with van der Waals surface area (Å²) in [6.45, 7) is 0.419. The van der Waals surface area contributed by atoms with E-state index in [1.54, 1.807) is 10.9 Å². The fraction of sp³-hybridized carbons (Fsp3) is 0.0667. The number of halogens is 1. The van der Waals surface area contributed by atoms with Crippen molar-refractivity contribution in [3.8, 4) is 16.9 Å². The van der Waals surface area contributed by atoms with E-state index < -0.39 is 0 Å². The van der Waals surface area contributed by atoms with Gasteiger partial charge in [-0.2, -0.15) is 5.10 Å². The average molecular weight is 329 g/mol. The number of nitrogens with zero attached hydrogens (tertiary/aromatic N) is 3. The number of rotatable bonds is 3. The van der Waals surface area contributed by atoms with E-state index in [1.165, 1.54) is 0 Å². The van der Waals surface area contributed by atoms with Gasteiger partial charge >= 0.3 is 0 Å². The highest BCUT2D eigenvalue weighted by Gasteiger charge is 2.08. The maximum Gasteiger partial charge on any atom is 0.157 e. The van der Waals surface area contributed by atoms with E-state index in [0.29, 0.717) is 6.54 Å². The summed E-state index contributed by atoms with van der Waals surface area (Å²) in [6, 6.07) is 12.1. The van der Waals surface area contributed by atoms with Crippen molar-refractivity contribution in [3.05, 3.63) is 65.0 Å². The Labute approximate surface area is 125 Å². The summed E-state index contributed by atoms with van der Waals surface area (Å²) in [7, 11) is 0. The molecule has 1 aromatic carbocycles. The van der Waals surface area contributed by atoms with Crippen LogP contribution in [-0.2, 0) is 6.54 Å². The van der Waals surface area contributed by atoms with Crippen molar-refractivity contribution in [3.63, 3.8) is 0 Å². The standard InChI is InChI=1S/C15H13BrN4/c16-14-6-12(7-17)15(18-9-14)20-10-13(8-19-20)11-4-2-1-3-5-11/h1-6,8-10H,7,17H2. The molecule has 100 valence electrons. The first-order valence-corrected chi connectivity index (χ1v) is 7.02. The van der Waals surface area contributed by atoms with E-state index in [1.807, 2.05) is 36.7 Å². The van der Waals surface area contributed by atoms with Gasteiger partial charge in [0.15, 0.2) is 5.82 Å². The first kappa shape index (κ1) is 13.0. The monoisotopic (exact) mass is 328 g/mol. The van der Waals surface area contributed by atoms with Gasteiger partial charge in [-0.3, -0.25) is 0 Å². The fourth-order valence-corrected chi connectivity index (χ4v) is 2.43. The summed E-state index contributed by atoms with van der Waals surface area (Å²) >= 11 is 3.40. The van der Waals surface area contributed by atoms with Crippen molar-refractivity contribution >= 4 is 15.9 Å². The molecule has 0 aliphatic heterocycles. The molecule has 0 fully saturated rings. The van der Waals surface area contributed by atoms with Crippen LogP contribution in [0.3, 0.4) is 0 Å². The van der Waals surface area contributed by atoms with Crippen molar-refractivity contribution in [1.29, 1.82) is 0 Å². The molecule has 3 rings (SSSR count). The van der Waals surface area contributed by atoms with Crippen molar-refractivity contribution in [2.75, 3.05) is 0 Å². The second-order valence-corrected chi connectivity index (χ2v) is 5.30. The maximum atomic E-state index is 5.77. The molecule has 0 unspecified atom stereocenters. The smallest absolute Gasteiger partial charge is 0.157 e. The quantitative estimate of drug-likeness (QED) is 0.803. The molecule has 2 N–H and O–H groups in total. The van der Waals surface area contributed by atoms with Gasteiger partial charge in [0.2, 0.25) is 0 Å². The van der Waals surface area contributed by atoms with Crippen LogP contribution < -0.4 is 5.73 Å². The maximum absolute atomic E-state index is 5.77. The molecule has 0 amide bonds. The number of benzene rings is 1. The lowest BCUT2D eigenvalue weighted by Gasteiger charge is -2.06. The molecule has 3 aromatic rings. The van der Waals surface area contributed by atoms with Crippen LogP contribution in [0, 0.1) is 0 Å². The minimum Gasteiger partial charge on any atom is -0.326 e. The summed E-state index contributed by atoms with van der Waals surface area (Å²) < 4.78 is 2.67. The summed E-state index contributed by atoms with van der Waals surface area (Å²) in [5.74, 6) is 0.762. The molecule has 0 aliphatic carbocycles. The molecular weight excluding hydrogens is 316 g/mol. The predicted molar refractivity (Wildman–Crippen MR) is 82.4 cm³/mol. The van der Waals surface area contributed by atoms with E-state index in [4.69, 9.17) is 5.73 Å². The highest BCUT2D eigenvalue weighted by atomic mass is 79.9. The molecule has 2 aromatic heterocycles. The molecule has 0 atom stereocenters. The minimum atomic E-state index is 0.419. The zero-order valence-corrected chi connectivity index (χ0v) is 12.3. The number of hydrogen-bond acceptors (Lipinski definition) is 3. The van der Waals surface area contributed by atoms with Crippen LogP contribution in [-0.4, -0.2) is 14.8 Å². The highest BCUT2D eigenvalue weighted by Crippen LogP contribution is 2.21. The molecular formula is C15H13BrN4. The van der Waals surface area contributed by atoms with Gasteiger partial charge < -0.3 is 5.73 Å². The molecule has 0 spiro atoms. The van der Waals surface area contributed by atoms with Crippen LogP contribution in [0.25, 0.3) is 16.9 Å². The Morgan fingerprint density at radius 3 is 2.65 bits per heavy atom. The van der Waals surface area contributed by atoms with Crippen LogP contribution in [0.4, 0.5) is 0 Å². The second kappa shape index (κ2) is 5.56. The number of pyridine rings is 1. The Kier molecular flexibility index (Phi) is 3.62. The predicted octanol–water partition coefficient (Wildman–Crippen LogP) is 3.16. The Bertz CT molecular complexity index is 722. The molecule has 20 heavy (non-hydrogen) atoms. The SMILES string of the molecule is NCc1cc(Br)cnc1-n1cc(-c2ccccc2)cn1. The van der Waals surface area contributed by atoms with Crippen LogP contribution in [0.15, 0.2) is 59.5 Å². The molecule has 2 heterocycles. The Morgan fingerprint density at radius 1 is 1.10 bits per heavy atom. The summed E-state index contributed by atoms with van der Waals surface area (Å²) in [4.78, 5) is 4.40. The first-order valence-electron chi connectivity index (χ1n) is 6.23. The topological polar surface area (TPSA) is 56.7 Å². The van der Waals surface area contributed by atoms with Gasteiger partial charge in [0, 0.05) is 34.5 Å². The van der Waals surface area contributed by atoms with E-state index in [9.17, 15) is 0 Å². The van der Waals surface area contributed by atoms with Gasteiger partial charge in [0.25, 0.3) is 0 Å². The highest BCUT2D eigenvalue weighted by molar-refractivity contribution is 9.10. The largest absolute Gasteiger partial charge is 0.326 e. The lowest BCUT2D eigenvalue weighted by atomic mass is 10.1. The fourth-order valence-electron chi connectivity index (χ4n) is 2.05. The van der Waals surface area contributed by atoms with E-state index in [-0.39, 0.29) is 0 Å². The van der Waals surface area contributed by atoms with Gasteiger partial charge in [-0.15, -0.1) is 0 Å². The van der Waals surface area contributed by atoms with Gasteiger partial charge in [-0.1, -0.05) is 30.3 Å². The van der Waals surface area contributed by atoms with Crippen molar-refractivity contribution in [1.82, 2.24) is 14.8 Å². The van der Waals surface area contributed by atoms with Crippen LogP contribution in [0.2, 0.25) is 0 Å². The zero-order valence-electron chi connectivity index (χ0n) is 10.7. The van der Waals surface area contributed by atoms with E-state index in [0.717, 1.165) is 27.0 Å². The van der Waals surface area contributed by atoms with Crippen LogP contribution >= 0.6 is 15.9 Å². The van der Waals surface area contributed by atoms with Gasteiger partial charge in [-0.05, 0) is 27.6 Å². The zero-order chi connectivity index (χ0) is 13.9. The Morgan fingerprint density at radius 2 is 1.90 bits per heavy atom. The third-order valence-corrected chi connectivity index (χ3v) is 3.47. The molecule has 4 nitrogen and oxygen atoms in total. The Balaban J connectivity index is 2.02. The van der Waals surface area contributed by atoms with Gasteiger partial charge in [0.1, 0.15) is 0 Å². The summed E-state index contributed by atoms with van der Waals surface area (Å²) in [6.07, 6.45) is 5.54. The molecule has 0 bridgehead atoms. The van der Waals surface area contributed by atoms with E-state index >= 15 is 0 Å². The van der Waals surface area contributed by atoms with E-state index in [2.05, 4.69) is 38.1 Å². The van der Waals surface area contributed by atoms with Crippen LogP contribution in [0.1, 0.15) is 5.56 Å². The lowest BCUT2D eigenvalue weighted by molar-refractivity contribution is 0.823. The normalized spacial score (nSPS) is 10.7. The summed E-state index contributed by atoms with van der Waals surface area (Å²) in [5, 5.41) is 4.38. The number of nitrogens with two attached hydrogens (primary N) is 1. The van der Waals surface area contributed by atoms with Crippen molar-refractivity contribution in [2.45, 2.75) is 6.54 Å². The molecule has 5 heteroatoms.